The van der Waals surface area contributed by atoms with Gasteiger partial charge in [-0.25, -0.2) is 0 Å². The Balaban J connectivity index is 3.06. The van der Waals surface area contributed by atoms with Crippen LogP contribution in [-0.4, -0.2) is 22.9 Å². The van der Waals surface area contributed by atoms with E-state index in [1.165, 1.54) is 6.07 Å². The van der Waals surface area contributed by atoms with Crippen LogP contribution in [-0.2, 0) is 14.3 Å². The molecule has 0 aliphatic heterocycles. The van der Waals surface area contributed by atoms with Gasteiger partial charge in [0.2, 0.25) is 5.91 Å². The summed E-state index contributed by atoms with van der Waals surface area (Å²) in [5.41, 5.74) is 0.157. The zero-order chi connectivity index (χ0) is 18.3. The summed E-state index contributed by atoms with van der Waals surface area (Å²) in [6.07, 6.45) is -0.182. The summed E-state index contributed by atoms with van der Waals surface area (Å²) in [5.74, 6) is -0.637. The summed E-state index contributed by atoms with van der Waals surface area (Å²) in [6.45, 7) is 7.23. The smallest absolute Gasteiger partial charge is 0.308 e. The molecule has 1 atom stereocenters. The lowest BCUT2D eigenvalue weighted by molar-refractivity contribution is -0.385. The molecule has 0 aliphatic rings. The Morgan fingerprint density at radius 1 is 1.17 bits per heavy atom. The molecule has 1 rings (SSSR count). The van der Waals surface area contributed by atoms with Crippen molar-refractivity contribution in [2.24, 2.45) is 5.92 Å². The zero-order valence-electron chi connectivity index (χ0n) is 14.4. The molecule has 1 aromatic carbocycles. The van der Waals surface area contributed by atoms with E-state index in [4.69, 9.17) is 4.74 Å². The van der Waals surface area contributed by atoms with Crippen molar-refractivity contribution in [2.75, 3.05) is 0 Å². The molecule has 24 heavy (non-hydrogen) atoms. The quantitative estimate of drug-likeness (QED) is 0.447. The first kappa shape index (κ1) is 19.6. The summed E-state index contributed by atoms with van der Waals surface area (Å²) >= 11 is 0. The fraction of sp³-hybridized carbons (Fsp3) is 0.529. The van der Waals surface area contributed by atoms with E-state index in [-0.39, 0.29) is 36.5 Å². The minimum atomic E-state index is -0.802. The van der Waals surface area contributed by atoms with Crippen molar-refractivity contribution in [3.63, 3.8) is 0 Å². The van der Waals surface area contributed by atoms with Crippen LogP contribution in [0.1, 0.15) is 52.1 Å². The second kappa shape index (κ2) is 9.00. The van der Waals surface area contributed by atoms with Crippen molar-refractivity contribution in [3.05, 3.63) is 39.9 Å². The lowest BCUT2D eigenvalue weighted by Crippen LogP contribution is -2.32. The maximum Gasteiger partial charge on any atom is 0.308 e. The molecular weight excluding hydrogens is 312 g/mol. The number of carbonyl (C=O) groups excluding carboxylic acids is 2. The van der Waals surface area contributed by atoms with E-state index >= 15 is 0 Å². The van der Waals surface area contributed by atoms with Gasteiger partial charge in [-0.1, -0.05) is 32.0 Å². The highest BCUT2D eigenvalue weighted by Crippen LogP contribution is 2.27. The van der Waals surface area contributed by atoms with Gasteiger partial charge in [-0.3, -0.25) is 19.7 Å². The number of hydrogen-bond acceptors (Lipinski definition) is 5. The first-order valence-corrected chi connectivity index (χ1v) is 7.92. The number of hydrogen-bond donors (Lipinski definition) is 1. The van der Waals surface area contributed by atoms with Crippen LogP contribution >= 0.6 is 0 Å². The fourth-order valence-corrected chi connectivity index (χ4v) is 2.29. The monoisotopic (exact) mass is 336 g/mol. The Hall–Kier alpha value is -2.44. The molecular formula is C17H24N2O5. The summed E-state index contributed by atoms with van der Waals surface area (Å²) in [5, 5.41) is 13.9. The number of ether oxygens (including phenoxy) is 1. The number of carbonyl (C=O) groups is 2. The largest absolute Gasteiger partial charge is 0.463 e. The Morgan fingerprint density at radius 3 is 2.33 bits per heavy atom. The van der Waals surface area contributed by atoms with Crippen LogP contribution in [0, 0.1) is 16.0 Å². The van der Waals surface area contributed by atoms with E-state index in [2.05, 4.69) is 5.32 Å². The van der Waals surface area contributed by atoms with Crippen molar-refractivity contribution in [2.45, 2.75) is 52.7 Å². The highest BCUT2D eigenvalue weighted by atomic mass is 16.6. The third-order valence-corrected chi connectivity index (χ3v) is 3.18. The molecule has 1 aromatic rings. The number of para-hydroxylation sites is 1. The Bertz CT molecular complexity index is 574. The van der Waals surface area contributed by atoms with Crippen LogP contribution < -0.4 is 5.32 Å². The van der Waals surface area contributed by atoms with Gasteiger partial charge in [-0.05, 0) is 19.8 Å². The lowest BCUT2D eigenvalue weighted by Gasteiger charge is -2.20. The molecule has 0 bridgehead atoms. The number of benzene rings is 1. The Labute approximate surface area is 141 Å². The number of nitro groups is 1. The van der Waals surface area contributed by atoms with Crippen LogP contribution in [0.25, 0.3) is 0 Å². The van der Waals surface area contributed by atoms with Gasteiger partial charge >= 0.3 is 5.97 Å². The Morgan fingerprint density at radius 2 is 1.79 bits per heavy atom. The minimum Gasteiger partial charge on any atom is -0.463 e. The van der Waals surface area contributed by atoms with E-state index in [9.17, 15) is 19.7 Å². The van der Waals surface area contributed by atoms with Crippen LogP contribution in [0.4, 0.5) is 5.69 Å². The molecule has 0 heterocycles. The number of nitrogens with zero attached hydrogens (tertiary/aromatic N) is 1. The molecule has 1 unspecified atom stereocenters. The Kier molecular flexibility index (Phi) is 7.35. The molecule has 0 radical (unpaired) electrons. The predicted octanol–water partition coefficient (Wildman–Crippen LogP) is 3.14. The molecule has 7 heteroatoms. The SMILES string of the molecule is CC(C)CC(=O)NC(CC(=O)OC(C)C)c1ccccc1[N+](=O)[O-]. The normalized spacial score (nSPS) is 12.1. The van der Waals surface area contributed by atoms with E-state index in [1.54, 1.807) is 32.0 Å². The summed E-state index contributed by atoms with van der Waals surface area (Å²) in [4.78, 5) is 34.8. The minimum absolute atomic E-state index is 0.135. The summed E-state index contributed by atoms with van der Waals surface area (Å²) < 4.78 is 5.11. The molecule has 0 fully saturated rings. The molecule has 0 saturated heterocycles. The number of nitrogens with one attached hydrogen (secondary N) is 1. The van der Waals surface area contributed by atoms with E-state index in [1.807, 2.05) is 13.8 Å². The van der Waals surface area contributed by atoms with E-state index in [0.29, 0.717) is 5.56 Å². The lowest BCUT2D eigenvalue weighted by atomic mass is 10.0. The van der Waals surface area contributed by atoms with Crippen molar-refractivity contribution < 1.29 is 19.2 Å². The average Bonchev–Trinajstić information content (AvgIpc) is 2.44. The van der Waals surface area contributed by atoms with Crippen molar-refractivity contribution in [1.29, 1.82) is 0 Å². The zero-order valence-corrected chi connectivity index (χ0v) is 14.4. The van der Waals surface area contributed by atoms with E-state index < -0.39 is 16.9 Å². The molecule has 7 nitrogen and oxygen atoms in total. The summed E-state index contributed by atoms with van der Waals surface area (Å²) in [6, 6.07) is 5.27. The third-order valence-electron chi connectivity index (χ3n) is 3.18. The topological polar surface area (TPSA) is 98.5 Å². The first-order valence-electron chi connectivity index (χ1n) is 7.92. The highest BCUT2D eigenvalue weighted by molar-refractivity contribution is 5.78. The van der Waals surface area contributed by atoms with E-state index in [0.717, 1.165) is 0 Å². The molecule has 0 spiro atoms. The average molecular weight is 336 g/mol. The van der Waals surface area contributed by atoms with Crippen LogP contribution in [0.5, 0.6) is 0 Å². The second-order valence-corrected chi connectivity index (χ2v) is 6.28. The number of nitro benzene ring substituents is 1. The fourth-order valence-electron chi connectivity index (χ4n) is 2.29. The first-order chi connectivity index (χ1) is 11.2. The van der Waals surface area contributed by atoms with Gasteiger partial charge in [0, 0.05) is 12.5 Å². The van der Waals surface area contributed by atoms with Gasteiger partial charge < -0.3 is 10.1 Å². The van der Waals surface area contributed by atoms with Gasteiger partial charge in [-0.15, -0.1) is 0 Å². The maximum absolute atomic E-state index is 12.1. The van der Waals surface area contributed by atoms with Crippen LogP contribution in [0.2, 0.25) is 0 Å². The number of esters is 1. The molecule has 0 aliphatic carbocycles. The van der Waals surface area contributed by atoms with Gasteiger partial charge in [0.05, 0.1) is 29.1 Å². The molecule has 1 amide bonds. The predicted molar refractivity (Wildman–Crippen MR) is 89.3 cm³/mol. The highest BCUT2D eigenvalue weighted by Gasteiger charge is 2.26. The molecule has 132 valence electrons. The summed E-state index contributed by atoms with van der Waals surface area (Å²) in [7, 11) is 0. The molecule has 1 N–H and O–H groups in total. The molecule has 0 saturated carbocycles. The third kappa shape index (κ3) is 6.36. The van der Waals surface area contributed by atoms with Crippen LogP contribution in [0.15, 0.2) is 24.3 Å². The van der Waals surface area contributed by atoms with Crippen molar-refractivity contribution in [1.82, 2.24) is 5.32 Å². The molecule has 0 aromatic heterocycles. The van der Waals surface area contributed by atoms with Gasteiger partial charge in [0.1, 0.15) is 0 Å². The van der Waals surface area contributed by atoms with Crippen LogP contribution in [0.3, 0.4) is 0 Å². The number of amides is 1. The van der Waals surface area contributed by atoms with Gasteiger partial charge in [0.15, 0.2) is 0 Å². The second-order valence-electron chi connectivity index (χ2n) is 6.28. The standard InChI is InChI=1S/C17H24N2O5/c1-11(2)9-16(20)18-14(10-17(21)24-12(3)4)13-7-5-6-8-15(13)19(22)23/h5-8,11-12,14H,9-10H2,1-4H3,(H,18,20). The van der Waals surface area contributed by atoms with Gasteiger partial charge in [0.25, 0.3) is 5.69 Å². The maximum atomic E-state index is 12.1. The number of rotatable bonds is 8. The van der Waals surface area contributed by atoms with Crippen molar-refractivity contribution >= 4 is 17.6 Å². The van der Waals surface area contributed by atoms with Gasteiger partial charge in [-0.2, -0.15) is 0 Å². The van der Waals surface area contributed by atoms with Crippen molar-refractivity contribution in [3.8, 4) is 0 Å².